The number of hydrogen-bond acceptors (Lipinski definition) is 6. The Hall–Kier alpha value is -3.04. The van der Waals surface area contributed by atoms with Crippen molar-refractivity contribution >= 4 is 17.6 Å². The fourth-order valence-electron chi connectivity index (χ4n) is 5.52. The molecule has 204 valence electrons. The maximum Gasteiger partial charge on any atom is 0.248 e. The Bertz CT molecular complexity index is 976. The van der Waals surface area contributed by atoms with Gasteiger partial charge in [0, 0.05) is 17.8 Å². The molecule has 1 aromatic carbocycles. The third-order valence-electron chi connectivity index (χ3n) is 7.55. The Balaban J connectivity index is 2.76. The molecule has 0 radical (unpaired) electrons. The average molecular weight is 514 g/mol. The molecule has 0 fully saturated rings. The van der Waals surface area contributed by atoms with Gasteiger partial charge in [-0.05, 0) is 43.1 Å². The first kappa shape index (κ1) is 30.2. The molecule has 5 N–H and O–H groups in total. The minimum absolute atomic E-state index is 0.00277. The fourth-order valence-corrected chi connectivity index (χ4v) is 5.52. The zero-order chi connectivity index (χ0) is 27.4. The molecule has 37 heavy (non-hydrogen) atoms. The molecule has 1 heterocycles. The molecule has 0 saturated carbocycles. The minimum Gasteiger partial charge on any atom is -0.330 e. The predicted molar refractivity (Wildman–Crippen MR) is 142 cm³/mol. The first-order valence-electron chi connectivity index (χ1n) is 13.2. The molecule has 0 aliphatic carbocycles. The average Bonchev–Trinajstić information content (AvgIpc) is 3.42. The SMILES string of the molecule is CCC(CC)CC(CCc1ccccc1)(C(=O)Cn1ccnc1)[C@@H](C(=O)NO)[C@@H](CC(C)C)C(=O)NN. The first-order valence-corrected chi connectivity index (χ1v) is 13.2. The van der Waals surface area contributed by atoms with E-state index in [1.54, 1.807) is 28.8 Å². The lowest BCUT2D eigenvalue weighted by atomic mass is 9.58. The molecule has 1 unspecified atom stereocenters. The van der Waals surface area contributed by atoms with E-state index in [2.05, 4.69) is 24.3 Å². The molecule has 1 aromatic heterocycles. The van der Waals surface area contributed by atoms with Gasteiger partial charge in [0.2, 0.25) is 11.8 Å². The van der Waals surface area contributed by atoms with Crippen molar-refractivity contribution in [2.24, 2.45) is 34.9 Å². The third kappa shape index (κ3) is 7.97. The summed E-state index contributed by atoms with van der Waals surface area (Å²) in [5.41, 5.74) is 3.79. The van der Waals surface area contributed by atoms with Gasteiger partial charge < -0.3 is 4.57 Å². The fraction of sp³-hybridized carbons (Fsp3) is 0.571. The Morgan fingerprint density at radius 1 is 1.11 bits per heavy atom. The summed E-state index contributed by atoms with van der Waals surface area (Å²) in [6, 6.07) is 9.78. The molecule has 0 aliphatic rings. The van der Waals surface area contributed by atoms with Gasteiger partial charge in [-0.25, -0.2) is 16.3 Å². The summed E-state index contributed by atoms with van der Waals surface area (Å²) < 4.78 is 1.68. The number of hydrazine groups is 1. The lowest BCUT2D eigenvalue weighted by Crippen LogP contribution is -2.55. The number of ketones is 1. The summed E-state index contributed by atoms with van der Waals surface area (Å²) in [5, 5.41) is 9.89. The Morgan fingerprint density at radius 3 is 2.30 bits per heavy atom. The number of carbonyl (C=O) groups excluding carboxylic acids is 3. The van der Waals surface area contributed by atoms with Crippen LogP contribution in [0.1, 0.15) is 65.4 Å². The minimum atomic E-state index is -1.24. The van der Waals surface area contributed by atoms with Crippen molar-refractivity contribution in [3.05, 3.63) is 54.6 Å². The summed E-state index contributed by atoms with van der Waals surface area (Å²) in [6.07, 6.45) is 8.10. The van der Waals surface area contributed by atoms with Crippen molar-refractivity contribution in [3.63, 3.8) is 0 Å². The number of carbonyl (C=O) groups is 3. The van der Waals surface area contributed by atoms with Gasteiger partial charge in [-0.1, -0.05) is 70.9 Å². The van der Waals surface area contributed by atoms with Crippen LogP contribution in [0.2, 0.25) is 0 Å². The van der Waals surface area contributed by atoms with E-state index in [4.69, 9.17) is 5.84 Å². The van der Waals surface area contributed by atoms with Crippen LogP contribution in [0.25, 0.3) is 0 Å². The Morgan fingerprint density at radius 2 is 1.78 bits per heavy atom. The quantitative estimate of drug-likeness (QED) is 0.117. The predicted octanol–water partition coefficient (Wildman–Crippen LogP) is 3.67. The van der Waals surface area contributed by atoms with Crippen molar-refractivity contribution in [1.82, 2.24) is 20.5 Å². The molecule has 9 nitrogen and oxygen atoms in total. The highest BCUT2D eigenvalue weighted by Gasteiger charge is 2.53. The summed E-state index contributed by atoms with van der Waals surface area (Å²) in [5.74, 6) is 2.30. The largest absolute Gasteiger partial charge is 0.330 e. The summed E-state index contributed by atoms with van der Waals surface area (Å²) in [7, 11) is 0. The smallest absolute Gasteiger partial charge is 0.248 e. The van der Waals surface area contributed by atoms with E-state index >= 15 is 0 Å². The zero-order valence-corrected chi connectivity index (χ0v) is 22.5. The molecule has 0 aliphatic heterocycles. The van der Waals surface area contributed by atoms with Crippen LogP contribution < -0.4 is 16.7 Å². The normalized spacial score (nSPS) is 14.7. The number of aromatic nitrogens is 2. The lowest BCUT2D eigenvalue weighted by molar-refractivity contribution is -0.155. The summed E-state index contributed by atoms with van der Waals surface area (Å²) in [6.45, 7) is 8.03. The van der Waals surface area contributed by atoms with Crippen LogP contribution >= 0.6 is 0 Å². The zero-order valence-electron chi connectivity index (χ0n) is 22.5. The van der Waals surface area contributed by atoms with Crippen LogP contribution in [-0.4, -0.2) is 32.4 Å². The second-order valence-electron chi connectivity index (χ2n) is 10.4. The summed E-state index contributed by atoms with van der Waals surface area (Å²) in [4.78, 5) is 45.2. The standard InChI is InChI=1S/C28H43N5O4/c1-5-21(6-2)17-28(13-12-22-10-8-7-9-11-22,24(34)18-33-15-14-30-19-33)25(27(36)32-37)23(16-20(3)4)26(35)31-29/h7-11,14-15,19-21,23,25,37H,5-6,12-13,16-18,29H2,1-4H3,(H,31,35)(H,32,36)/t23-,25-,28?/m1/s1. The van der Waals surface area contributed by atoms with Gasteiger partial charge in [-0.15, -0.1) is 0 Å². The number of nitrogens with two attached hydrogens (primary N) is 1. The molecular weight excluding hydrogens is 470 g/mol. The van der Waals surface area contributed by atoms with E-state index in [1.165, 1.54) is 0 Å². The monoisotopic (exact) mass is 513 g/mol. The van der Waals surface area contributed by atoms with Gasteiger partial charge in [0.05, 0.1) is 24.7 Å². The molecule has 3 atom stereocenters. The van der Waals surface area contributed by atoms with E-state index in [0.29, 0.717) is 25.7 Å². The summed E-state index contributed by atoms with van der Waals surface area (Å²) >= 11 is 0. The van der Waals surface area contributed by atoms with E-state index in [-0.39, 0.29) is 24.2 Å². The number of aryl methyl sites for hydroxylation is 1. The van der Waals surface area contributed by atoms with Crippen molar-refractivity contribution in [2.45, 2.75) is 72.8 Å². The van der Waals surface area contributed by atoms with Crippen molar-refractivity contribution in [2.75, 3.05) is 0 Å². The van der Waals surface area contributed by atoms with E-state index in [9.17, 15) is 19.6 Å². The van der Waals surface area contributed by atoms with Crippen LogP contribution in [0.4, 0.5) is 0 Å². The van der Waals surface area contributed by atoms with Gasteiger partial charge in [0.1, 0.15) is 0 Å². The maximum atomic E-state index is 14.4. The van der Waals surface area contributed by atoms with Crippen LogP contribution in [0.15, 0.2) is 49.1 Å². The van der Waals surface area contributed by atoms with Gasteiger partial charge in [0.25, 0.3) is 0 Å². The molecule has 2 amide bonds. The number of rotatable bonds is 16. The van der Waals surface area contributed by atoms with Crippen molar-refractivity contribution in [1.29, 1.82) is 0 Å². The van der Waals surface area contributed by atoms with Crippen molar-refractivity contribution in [3.8, 4) is 0 Å². The van der Waals surface area contributed by atoms with Crippen molar-refractivity contribution < 1.29 is 19.6 Å². The van der Waals surface area contributed by atoms with Gasteiger partial charge in [-0.2, -0.15) is 0 Å². The first-order chi connectivity index (χ1) is 17.7. The molecule has 2 aromatic rings. The van der Waals surface area contributed by atoms with Gasteiger partial charge in [-0.3, -0.25) is 25.0 Å². The molecule has 9 heteroatoms. The second kappa shape index (κ2) is 14.6. The highest BCUT2D eigenvalue weighted by atomic mass is 16.5. The lowest BCUT2D eigenvalue weighted by Gasteiger charge is -2.44. The van der Waals surface area contributed by atoms with Crippen LogP contribution in [-0.2, 0) is 27.3 Å². The second-order valence-corrected chi connectivity index (χ2v) is 10.4. The molecular formula is C28H43N5O4. The number of hydroxylamine groups is 1. The molecule has 0 bridgehead atoms. The van der Waals surface area contributed by atoms with Crippen LogP contribution in [0, 0.1) is 29.1 Å². The number of nitrogens with one attached hydrogen (secondary N) is 2. The Labute approximate surface area is 220 Å². The number of amides is 2. The molecule has 0 saturated heterocycles. The molecule has 0 spiro atoms. The highest BCUT2D eigenvalue weighted by molar-refractivity contribution is 5.95. The molecule has 2 rings (SSSR count). The Kier molecular flexibility index (Phi) is 11.9. The van der Waals surface area contributed by atoms with E-state index in [1.807, 2.05) is 44.2 Å². The topological polar surface area (TPSA) is 139 Å². The van der Waals surface area contributed by atoms with Gasteiger partial charge >= 0.3 is 0 Å². The number of Topliss-reactive ketones (excluding diaryl/α,β-unsaturated/α-hetero) is 1. The third-order valence-corrected chi connectivity index (χ3v) is 7.55. The number of benzene rings is 1. The highest BCUT2D eigenvalue weighted by Crippen LogP contribution is 2.47. The van der Waals surface area contributed by atoms with E-state index < -0.39 is 29.1 Å². The van der Waals surface area contributed by atoms with Gasteiger partial charge in [0.15, 0.2) is 5.78 Å². The number of imidazole rings is 1. The van der Waals surface area contributed by atoms with Crippen LogP contribution in [0.3, 0.4) is 0 Å². The van der Waals surface area contributed by atoms with E-state index in [0.717, 1.165) is 18.4 Å². The number of nitrogens with zero attached hydrogens (tertiary/aromatic N) is 2. The number of hydrogen-bond donors (Lipinski definition) is 4. The van der Waals surface area contributed by atoms with Crippen LogP contribution in [0.5, 0.6) is 0 Å². The maximum absolute atomic E-state index is 14.4.